The number of anilines is 1. The van der Waals surface area contributed by atoms with E-state index in [9.17, 15) is 5.11 Å². The van der Waals surface area contributed by atoms with Crippen LogP contribution in [0.2, 0.25) is 5.15 Å². The zero-order valence-corrected chi connectivity index (χ0v) is 8.57. The second-order valence-corrected chi connectivity index (χ2v) is 3.73. The van der Waals surface area contributed by atoms with Crippen LogP contribution in [0.15, 0.2) is 0 Å². The van der Waals surface area contributed by atoms with Gasteiger partial charge in [-0.05, 0) is 13.3 Å². The molecular formula is C8H11ClN4O. The molecule has 76 valence electrons. The highest BCUT2D eigenvalue weighted by Gasteiger charge is 2.22. The van der Waals surface area contributed by atoms with Crippen molar-refractivity contribution >= 4 is 17.5 Å². The number of hydrogen-bond donors (Lipinski definition) is 1. The quantitative estimate of drug-likeness (QED) is 0.734. The molecule has 6 heteroatoms. The van der Waals surface area contributed by atoms with E-state index >= 15 is 0 Å². The van der Waals surface area contributed by atoms with E-state index in [1.54, 1.807) is 6.92 Å². The number of aryl methyl sites for hydroxylation is 1. The van der Waals surface area contributed by atoms with Gasteiger partial charge in [0.05, 0.1) is 11.8 Å². The Morgan fingerprint density at radius 2 is 2.29 bits per heavy atom. The van der Waals surface area contributed by atoms with E-state index in [0.717, 1.165) is 13.0 Å². The Labute approximate surface area is 86.7 Å². The summed E-state index contributed by atoms with van der Waals surface area (Å²) in [5.74, 6) is 0.545. The number of aliphatic hydroxyl groups is 1. The molecule has 1 aromatic heterocycles. The summed E-state index contributed by atoms with van der Waals surface area (Å²) in [5, 5.41) is 17.3. The number of β-amino-alcohol motifs (C(OH)–C–C–N with tert-alkyl or cyclic N) is 1. The van der Waals surface area contributed by atoms with Gasteiger partial charge in [-0.3, -0.25) is 0 Å². The Bertz CT molecular complexity index is 346. The summed E-state index contributed by atoms with van der Waals surface area (Å²) in [6, 6.07) is 0. The maximum Gasteiger partial charge on any atom is 0.245 e. The van der Waals surface area contributed by atoms with Crippen molar-refractivity contribution in [2.75, 3.05) is 18.0 Å². The van der Waals surface area contributed by atoms with Gasteiger partial charge < -0.3 is 10.0 Å². The van der Waals surface area contributed by atoms with E-state index < -0.39 is 0 Å². The second kappa shape index (κ2) is 3.67. The maximum absolute atomic E-state index is 9.34. The van der Waals surface area contributed by atoms with Crippen LogP contribution < -0.4 is 4.90 Å². The molecule has 0 radical (unpaired) electrons. The summed E-state index contributed by atoms with van der Waals surface area (Å²) in [4.78, 5) is 6.10. The molecule has 1 atom stereocenters. The van der Waals surface area contributed by atoms with Gasteiger partial charge in [-0.15, -0.1) is 10.2 Å². The van der Waals surface area contributed by atoms with Crippen molar-refractivity contribution in [1.82, 2.24) is 15.2 Å². The molecule has 0 bridgehead atoms. The normalized spacial score (nSPS) is 21.6. The number of halogens is 1. The molecule has 0 unspecified atom stereocenters. The number of hydrogen-bond acceptors (Lipinski definition) is 5. The van der Waals surface area contributed by atoms with Crippen LogP contribution in [0.25, 0.3) is 0 Å². The summed E-state index contributed by atoms with van der Waals surface area (Å²) in [6.07, 6.45) is 0.472. The predicted molar refractivity (Wildman–Crippen MR) is 52.4 cm³/mol. The third-order valence-corrected chi connectivity index (χ3v) is 2.59. The molecular weight excluding hydrogens is 204 g/mol. The lowest BCUT2D eigenvalue weighted by Gasteiger charge is -2.14. The fourth-order valence-corrected chi connectivity index (χ4v) is 1.52. The van der Waals surface area contributed by atoms with Gasteiger partial charge in [0.25, 0.3) is 0 Å². The number of rotatable bonds is 1. The minimum absolute atomic E-state index is 0.283. The molecule has 14 heavy (non-hydrogen) atoms. The fraction of sp³-hybridized carbons (Fsp3) is 0.625. The van der Waals surface area contributed by atoms with Crippen molar-refractivity contribution in [3.63, 3.8) is 0 Å². The molecule has 5 nitrogen and oxygen atoms in total. The summed E-state index contributed by atoms with van der Waals surface area (Å²) in [6.45, 7) is 3.12. The molecule has 0 aromatic carbocycles. The van der Waals surface area contributed by atoms with Crippen molar-refractivity contribution in [3.05, 3.63) is 10.8 Å². The van der Waals surface area contributed by atoms with E-state index in [1.807, 2.05) is 4.90 Å². The van der Waals surface area contributed by atoms with Gasteiger partial charge in [-0.2, -0.15) is 0 Å². The van der Waals surface area contributed by atoms with Crippen molar-refractivity contribution in [2.24, 2.45) is 0 Å². The smallest absolute Gasteiger partial charge is 0.245 e. The Hall–Kier alpha value is -0.940. The Morgan fingerprint density at radius 1 is 1.50 bits per heavy atom. The highest BCUT2D eigenvalue weighted by molar-refractivity contribution is 6.29. The topological polar surface area (TPSA) is 62.1 Å². The number of nitrogens with zero attached hydrogens (tertiary/aromatic N) is 4. The summed E-state index contributed by atoms with van der Waals surface area (Å²) in [5.41, 5.74) is 0.665. The van der Waals surface area contributed by atoms with E-state index in [-0.39, 0.29) is 6.10 Å². The third-order valence-electron chi connectivity index (χ3n) is 2.24. The largest absolute Gasteiger partial charge is 0.391 e. The first-order valence-corrected chi connectivity index (χ1v) is 4.84. The zero-order chi connectivity index (χ0) is 10.1. The summed E-state index contributed by atoms with van der Waals surface area (Å²) >= 11 is 5.71. The maximum atomic E-state index is 9.34. The van der Waals surface area contributed by atoms with Crippen LogP contribution in [-0.4, -0.2) is 39.5 Å². The monoisotopic (exact) mass is 214 g/mol. The highest BCUT2D eigenvalue weighted by Crippen LogP contribution is 2.17. The van der Waals surface area contributed by atoms with Crippen molar-refractivity contribution < 1.29 is 5.11 Å². The van der Waals surface area contributed by atoms with Crippen LogP contribution in [0.4, 0.5) is 5.95 Å². The van der Waals surface area contributed by atoms with Crippen LogP contribution in [-0.2, 0) is 0 Å². The lowest BCUT2D eigenvalue weighted by atomic mass is 10.3. The van der Waals surface area contributed by atoms with Crippen LogP contribution in [0.3, 0.4) is 0 Å². The molecule has 1 aromatic rings. The number of aliphatic hydroxyl groups excluding tert-OH is 1. The summed E-state index contributed by atoms with van der Waals surface area (Å²) < 4.78 is 0. The minimum atomic E-state index is -0.283. The fourth-order valence-electron chi connectivity index (χ4n) is 1.44. The average Bonchev–Trinajstić information content (AvgIpc) is 2.57. The van der Waals surface area contributed by atoms with E-state index in [1.165, 1.54) is 0 Å². The molecule has 1 saturated heterocycles. The molecule has 0 saturated carbocycles. The molecule has 2 rings (SSSR count). The van der Waals surface area contributed by atoms with Gasteiger partial charge in [0.15, 0.2) is 5.15 Å². The van der Waals surface area contributed by atoms with Gasteiger partial charge in [0, 0.05) is 13.1 Å². The first kappa shape index (κ1) is 9.61. The number of aromatic nitrogens is 3. The molecule has 1 aliphatic rings. The lowest BCUT2D eigenvalue weighted by molar-refractivity contribution is 0.198. The molecule has 1 fully saturated rings. The molecule has 0 amide bonds. The predicted octanol–water partition coefficient (Wildman–Crippen LogP) is 0.404. The van der Waals surface area contributed by atoms with E-state index in [2.05, 4.69) is 15.2 Å². The highest BCUT2D eigenvalue weighted by atomic mass is 35.5. The average molecular weight is 215 g/mol. The zero-order valence-electron chi connectivity index (χ0n) is 7.81. The standard InChI is InChI=1S/C8H11ClN4O/c1-5-7(9)11-12-8(10-5)13-3-2-6(14)4-13/h6,14H,2-4H2,1H3/t6-/m1/s1. The molecule has 2 heterocycles. The van der Waals surface area contributed by atoms with E-state index in [4.69, 9.17) is 11.6 Å². The van der Waals surface area contributed by atoms with Crippen LogP contribution >= 0.6 is 11.6 Å². The lowest BCUT2D eigenvalue weighted by Crippen LogP contribution is -2.24. The van der Waals surface area contributed by atoms with Gasteiger partial charge in [-0.1, -0.05) is 11.6 Å². The second-order valence-electron chi connectivity index (χ2n) is 3.38. The first-order chi connectivity index (χ1) is 6.66. The third kappa shape index (κ3) is 1.78. The van der Waals surface area contributed by atoms with Crippen molar-refractivity contribution in [3.8, 4) is 0 Å². The van der Waals surface area contributed by atoms with Crippen molar-refractivity contribution in [2.45, 2.75) is 19.4 Å². The first-order valence-electron chi connectivity index (χ1n) is 4.46. The molecule has 1 N–H and O–H groups in total. The Balaban J connectivity index is 2.20. The van der Waals surface area contributed by atoms with Crippen LogP contribution in [0.1, 0.15) is 12.1 Å². The van der Waals surface area contributed by atoms with Crippen LogP contribution in [0, 0.1) is 6.92 Å². The SMILES string of the molecule is Cc1nc(N2CC[C@@H](O)C2)nnc1Cl. The van der Waals surface area contributed by atoms with E-state index in [0.29, 0.717) is 23.3 Å². The van der Waals surface area contributed by atoms with Gasteiger partial charge >= 0.3 is 0 Å². The van der Waals surface area contributed by atoms with Crippen molar-refractivity contribution in [1.29, 1.82) is 0 Å². The molecule has 0 aliphatic carbocycles. The minimum Gasteiger partial charge on any atom is -0.391 e. The Morgan fingerprint density at radius 3 is 2.86 bits per heavy atom. The molecule has 1 aliphatic heterocycles. The van der Waals surface area contributed by atoms with Crippen LogP contribution in [0.5, 0.6) is 0 Å². The molecule has 0 spiro atoms. The van der Waals surface area contributed by atoms with Gasteiger partial charge in [-0.25, -0.2) is 4.98 Å². The van der Waals surface area contributed by atoms with Gasteiger partial charge in [0.2, 0.25) is 5.95 Å². The van der Waals surface area contributed by atoms with Gasteiger partial charge in [0.1, 0.15) is 0 Å². The summed E-state index contributed by atoms with van der Waals surface area (Å²) in [7, 11) is 0. The Kier molecular flexibility index (Phi) is 2.52.